The highest BCUT2D eigenvalue weighted by Crippen LogP contribution is 2.27. The Labute approximate surface area is 125 Å². The van der Waals surface area contributed by atoms with Crippen LogP contribution in [0.15, 0.2) is 18.2 Å². The first kappa shape index (κ1) is 17.9. The molecule has 1 N–H and O–H groups in total. The zero-order chi connectivity index (χ0) is 15.7. The molecule has 0 aliphatic heterocycles. The van der Waals surface area contributed by atoms with Crippen LogP contribution in [0.1, 0.15) is 12.0 Å². The number of rotatable bonds is 10. The molecule has 0 unspecified atom stereocenters. The summed E-state index contributed by atoms with van der Waals surface area (Å²) in [7, 11) is 0. The third-order valence-corrected chi connectivity index (χ3v) is 3.19. The van der Waals surface area contributed by atoms with E-state index in [9.17, 15) is 17.6 Å². The molecule has 0 aliphatic carbocycles. The van der Waals surface area contributed by atoms with E-state index in [1.165, 1.54) is 12.1 Å². The first-order chi connectivity index (χ1) is 10.0. The van der Waals surface area contributed by atoms with Crippen molar-refractivity contribution in [1.82, 2.24) is 5.32 Å². The van der Waals surface area contributed by atoms with Crippen LogP contribution in [-0.4, -0.2) is 31.8 Å². The molecule has 0 amide bonds. The van der Waals surface area contributed by atoms with Crippen molar-refractivity contribution in [3.63, 3.8) is 0 Å². The molecule has 1 aromatic rings. The van der Waals surface area contributed by atoms with E-state index in [1.807, 2.05) is 6.26 Å². The van der Waals surface area contributed by atoms with Gasteiger partial charge < -0.3 is 14.8 Å². The Morgan fingerprint density at radius 2 is 1.86 bits per heavy atom. The molecule has 0 bridgehead atoms. The zero-order valence-electron chi connectivity index (χ0n) is 11.5. The van der Waals surface area contributed by atoms with Crippen LogP contribution in [0.5, 0.6) is 11.5 Å². The molecule has 21 heavy (non-hydrogen) atoms. The monoisotopic (exact) mass is 327 g/mol. The molecule has 120 valence electrons. The Kier molecular flexibility index (Phi) is 8.29. The minimum absolute atomic E-state index is 0.166. The van der Waals surface area contributed by atoms with Gasteiger partial charge in [-0.05, 0) is 31.0 Å². The van der Waals surface area contributed by atoms with Gasteiger partial charge in [0.1, 0.15) is 11.5 Å². The van der Waals surface area contributed by atoms with Crippen molar-refractivity contribution in [3.8, 4) is 11.5 Å². The molecule has 0 saturated carbocycles. The van der Waals surface area contributed by atoms with Gasteiger partial charge in [-0.25, -0.2) is 0 Å². The Balaban J connectivity index is 2.67. The van der Waals surface area contributed by atoms with Crippen molar-refractivity contribution < 1.29 is 27.0 Å². The molecule has 1 rings (SSSR count). The fourth-order valence-corrected chi connectivity index (χ4v) is 2.06. The first-order valence-corrected chi connectivity index (χ1v) is 7.64. The Hall–Kier alpha value is -1.15. The summed E-state index contributed by atoms with van der Waals surface area (Å²) in [6.45, 7) is -5.00. The molecule has 0 aliphatic rings. The van der Waals surface area contributed by atoms with Gasteiger partial charge in [0.15, 0.2) is 0 Å². The summed E-state index contributed by atoms with van der Waals surface area (Å²) in [5.41, 5.74) is 0.459. The van der Waals surface area contributed by atoms with E-state index in [1.54, 1.807) is 11.8 Å². The van der Waals surface area contributed by atoms with Crippen molar-refractivity contribution in [2.24, 2.45) is 0 Å². The van der Waals surface area contributed by atoms with E-state index in [0.29, 0.717) is 12.1 Å². The van der Waals surface area contributed by atoms with Gasteiger partial charge in [-0.2, -0.15) is 29.3 Å². The predicted octanol–water partition coefficient (Wildman–Crippen LogP) is 3.73. The third-order valence-electron chi connectivity index (χ3n) is 2.50. The van der Waals surface area contributed by atoms with Crippen molar-refractivity contribution in [2.45, 2.75) is 26.2 Å². The van der Waals surface area contributed by atoms with Gasteiger partial charge in [0, 0.05) is 18.2 Å². The molecule has 8 heteroatoms. The lowest BCUT2D eigenvalue weighted by Gasteiger charge is -2.13. The quantitative estimate of drug-likeness (QED) is 0.524. The van der Waals surface area contributed by atoms with E-state index in [4.69, 9.17) is 0 Å². The highest BCUT2D eigenvalue weighted by molar-refractivity contribution is 7.98. The number of halogens is 4. The molecule has 3 nitrogen and oxygen atoms in total. The largest absolute Gasteiger partial charge is 0.435 e. The minimum Gasteiger partial charge on any atom is -0.435 e. The van der Waals surface area contributed by atoms with Crippen LogP contribution in [0.2, 0.25) is 0 Å². The van der Waals surface area contributed by atoms with E-state index in [2.05, 4.69) is 14.8 Å². The van der Waals surface area contributed by atoms with Crippen molar-refractivity contribution in [2.75, 3.05) is 18.6 Å². The van der Waals surface area contributed by atoms with E-state index in [0.717, 1.165) is 24.8 Å². The lowest BCUT2D eigenvalue weighted by molar-refractivity contribution is -0.0546. The van der Waals surface area contributed by atoms with Gasteiger partial charge >= 0.3 is 13.2 Å². The molecular formula is C13H17F4NO2S. The second kappa shape index (κ2) is 9.73. The fourth-order valence-electron chi connectivity index (χ4n) is 1.63. The van der Waals surface area contributed by atoms with Gasteiger partial charge in [0.25, 0.3) is 0 Å². The third kappa shape index (κ3) is 7.42. The molecule has 0 saturated heterocycles. The molecule has 1 aromatic carbocycles. The minimum atomic E-state index is -3.03. The van der Waals surface area contributed by atoms with Crippen LogP contribution in [0.3, 0.4) is 0 Å². The Bertz CT molecular complexity index is 421. The summed E-state index contributed by atoms with van der Waals surface area (Å²) in [6.07, 6.45) is 2.94. The lowest BCUT2D eigenvalue weighted by Crippen LogP contribution is -2.17. The molecule has 0 spiro atoms. The second-order valence-electron chi connectivity index (χ2n) is 4.05. The number of alkyl halides is 4. The van der Waals surface area contributed by atoms with Gasteiger partial charge in [-0.3, -0.25) is 0 Å². The van der Waals surface area contributed by atoms with Crippen LogP contribution in [0.4, 0.5) is 17.6 Å². The van der Waals surface area contributed by atoms with Crippen LogP contribution < -0.4 is 14.8 Å². The molecule has 0 aromatic heterocycles. The number of nitrogens with one attached hydrogen (secondary N) is 1. The summed E-state index contributed by atoms with van der Waals surface area (Å²) in [5.74, 6) is 0.612. The molecule has 0 atom stereocenters. The van der Waals surface area contributed by atoms with Crippen LogP contribution in [0, 0.1) is 0 Å². The highest BCUT2D eigenvalue weighted by Gasteiger charge is 2.13. The summed E-state index contributed by atoms with van der Waals surface area (Å²) >= 11 is 1.72. The van der Waals surface area contributed by atoms with Gasteiger partial charge in [0.2, 0.25) is 0 Å². The summed E-state index contributed by atoms with van der Waals surface area (Å²) in [5, 5.41) is 3.08. The smallest absolute Gasteiger partial charge is 0.387 e. The van der Waals surface area contributed by atoms with E-state index < -0.39 is 13.2 Å². The maximum atomic E-state index is 12.3. The zero-order valence-corrected chi connectivity index (χ0v) is 12.3. The van der Waals surface area contributed by atoms with Gasteiger partial charge in [0.05, 0.1) is 0 Å². The van der Waals surface area contributed by atoms with Crippen LogP contribution in [0.25, 0.3) is 0 Å². The van der Waals surface area contributed by atoms with Crippen LogP contribution in [-0.2, 0) is 6.54 Å². The lowest BCUT2D eigenvalue weighted by atomic mass is 10.2. The number of ether oxygens (including phenoxy) is 2. The van der Waals surface area contributed by atoms with Gasteiger partial charge in [-0.1, -0.05) is 6.07 Å². The SMILES string of the molecule is CSCCCNCc1ccc(OC(F)F)cc1OC(F)F. The molecule has 0 heterocycles. The average Bonchev–Trinajstić information content (AvgIpc) is 2.39. The maximum Gasteiger partial charge on any atom is 0.387 e. The van der Waals surface area contributed by atoms with Crippen molar-refractivity contribution in [1.29, 1.82) is 0 Å². The summed E-state index contributed by atoms with van der Waals surface area (Å²) < 4.78 is 57.4. The predicted molar refractivity (Wildman–Crippen MR) is 74.4 cm³/mol. The van der Waals surface area contributed by atoms with E-state index >= 15 is 0 Å². The molecular weight excluding hydrogens is 310 g/mol. The summed E-state index contributed by atoms with van der Waals surface area (Å²) in [6, 6.07) is 3.76. The Morgan fingerprint density at radius 3 is 2.48 bits per heavy atom. The number of hydrogen-bond donors (Lipinski definition) is 1. The number of benzene rings is 1. The molecule has 0 radical (unpaired) electrons. The van der Waals surface area contributed by atoms with Gasteiger partial charge in [-0.15, -0.1) is 0 Å². The second-order valence-corrected chi connectivity index (χ2v) is 5.04. The normalized spacial score (nSPS) is 11.2. The fraction of sp³-hybridized carbons (Fsp3) is 0.538. The topological polar surface area (TPSA) is 30.5 Å². The molecule has 0 fully saturated rings. The van der Waals surface area contributed by atoms with Crippen molar-refractivity contribution in [3.05, 3.63) is 23.8 Å². The summed E-state index contributed by atoms with van der Waals surface area (Å²) in [4.78, 5) is 0. The van der Waals surface area contributed by atoms with E-state index in [-0.39, 0.29) is 11.5 Å². The first-order valence-electron chi connectivity index (χ1n) is 6.25. The van der Waals surface area contributed by atoms with Crippen molar-refractivity contribution >= 4 is 11.8 Å². The number of hydrogen-bond acceptors (Lipinski definition) is 4. The Morgan fingerprint density at radius 1 is 1.14 bits per heavy atom. The number of thioether (sulfide) groups is 1. The highest BCUT2D eigenvalue weighted by atomic mass is 32.2. The standard InChI is InChI=1S/C13H17F4NO2S/c1-21-6-2-5-18-8-9-3-4-10(19-12(14)15)7-11(9)20-13(16)17/h3-4,7,12-13,18H,2,5-6,8H2,1H3. The average molecular weight is 327 g/mol. The maximum absolute atomic E-state index is 12.3. The van der Waals surface area contributed by atoms with Crippen LogP contribution >= 0.6 is 11.8 Å².